The third kappa shape index (κ3) is 4.83. The van der Waals surface area contributed by atoms with Gasteiger partial charge < -0.3 is 15.0 Å². The number of amides is 2. The molecule has 9 heteroatoms. The molecule has 4 rings (SSSR count). The summed E-state index contributed by atoms with van der Waals surface area (Å²) in [6.07, 6.45) is 2.12. The summed E-state index contributed by atoms with van der Waals surface area (Å²) in [6.45, 7) is 2.78. The molecule has 0 saturated heterocycles. The molecule has 0 aromatic heterocycles. The van der Waals surface area contributed by atoms with Gasteiger partial charge in [0.15, 0.2) is 9.84 Å². The molecular weight excluding hydrogens is 496 g/mol. The van der Waals surface area contributed by atoms with Crippen molar-refractivity contribution in [3.63, 3.8) is 0 Å². The Morgan fingerprint density at radius 2 is 1.97 bits per heavy atom. The lowest BCUT2D eigenvalue weighted by Gasteiger charge is -2.21. The minimum atomic E-state index is -3.80. The molecule has 1 aliphatic heterocycles. The molecule has 0 spiro atoms. The molecule has 1 aliphatic carbocycles. The molecule has 7 nitrogen and oxygen atoms in total. The largest absolute Gasteiger partial charge is 0.492 e. The zero-order valence-electron chi connectivity index (χ0n) is 17.8. The van der Waals surface area contributed by atoms with E-state index < -0.39 is 15.7 Å². The topological polar surface area (TPSA) is 92.8 Å². The summed E-state index contributed by atoms with van der Waals surface area (Å²) in [5, 5.41) is 2.73. The molecule has 2 aromatic carbocycles. The van der Waals surface area contributed by atoms with E-state index in [1.54, 1.807) is 29.2 Å². The Labute approximate surface area is 196 Å². The van der Waals surface area contributed by atoms with Crippen LogP contribution in [0.15, 0.2) is 45.8 Å². The van der Waals surface area contributed by atoms with Crippen LogP contribution in [0.3, 0.4) is 0 Å². The van der Waals surface area contributed by atoms with Crippen LogP contribution >= 0.6 is 15.9 Å². The average Bonchev–Trinajstić information content (AvgIpc) is 3.52. The molecule has 1 N–H and O–H groups in total. The first kappa shape index (κ1) is 22.8. The number of hydrogen-bond acceptors (Lipinski definition) is 5. The third-order valence-electron chi connectivity index (χ3n) is 5.58. The van der Waals surface area contributed by atoms with Crippen molar-refractivity contribution in [2.45, 2.75) is 37.5 Å². The molecule has 1 saturated carbocycles. The number of anilines is 2. The smallest absolute Gasteiger partial charge is 0.230 e. The van der Waals surface area contributed by atoms with Gasteiger partial charge in [-0.25, -0.2) is 8.42 Å². The molecule has 0 unspecified atom stereocenters. The van der Waals surface area contributed by atoms with Gasteiger partial charge in [0.2, 0.25) is 11.8 Å². The van der Waals surface area contributed by atoms with Gasteiger partial charge in [-0.1, -0.05) is 28.1 Å². The second-order valence-electron chi connectivity index (χ2n) is 7.97. The Bertz CT molecular complexity index is 1160. The molecule has 1 fully saturated rings. The van der Waals surface area contributed by atoms with Gasteiger partial charge in [0.1, 0.15) is 5.75 Å². The molecule has 0 radical (unpaired) electrons. The van der Waals surface area contributed by atoms with Crippen LogP contribution in [0.2, 0.25) is 0 Å². The van der Waals surface area contributed by atoms with Crippen molar-refractivity contribution in [2.24, 2.45) is 5.92 Å². The van der Waals surface area contributed by atoms with Gasteiger partial charge in [-0.05, 0) is 56.0 Å². The number of hydrogen-bond donors (Lipinski definition) is 1. The fourth-order valence-electron chi connectivity index (χ4n) is 3.88. The summed E-state index contributed by atoms with van der Waals surface area (Å²) >= 11 is 3.39. The van der Waals surface area contributed by atoms with Crippen LogP contribution in [0.1, 0.15) is 31.7 Å². The molecule has 2 aromatic rings. The van der Waals surface area contributed by atoms with E-state index in [1.807, 2.05) is 13.0 Å². The lowest BCUT2D eigenvalue weighted by Crippen LogP contribution is -2.31. The highest BCUT2D eigenvalue weighted by atomic mass is 79.9. The molecule has 2 aliphatic rings. The number of benzene rings is 2. The lowest BCUT2D eigenvalue weighted by atomic mass is 10.2. The predicted octanol–water partition coefficient (Wildman–Crippen LogP) is 3.95. The van der Waals surface area contributed by atoms with Gasteiger partial charge in [0, 0.05) is 23.4 Å². The lowest BCUT2D eigenvalue weighted by molar-refractivity contribution is -0.119. The van der Waals surface area contributed by atoms with E-state index in [0.29, 0.717) is 41.2 Å². The van der Waals surface area contributed by atoms with E-state index >= 15 is 0 Å². The second-order valence-corrected chi connectivity index (χ2v) is 11.0. The fourth-order valence-corrected chi connectivity index (χ4v) is 6.05. The number of rotatable bonds is 8. The first-order valence-corrected chi connectivity index (χ1v) is 13.1. The zero-order valence-corrected chi connectivity index (χ0v) is 20.2. The fraction of sp³-hybridized carbons (Fsp3) is 0.391. The van der Waals surface area contributed by atoms with Crippen LogP contribution in [-0.4, -0.2) is 39.1 Å². The van der Waals surface area contributed by atoms with Crippen LogP contribution in [0.5, 0.6) is 5.75 Å². The van der Waals surface area contributed by atoms with Crippen LogP contribution in [0.4, 0.5) is 11.4 Å². The van der Waals surface area contributed by atoms with Crippen molar-refractivity contribution in [2.75, 3.05) is 29.1 Å². The van der Waals surface area contributed by atoms with E-state index in [1.165, 1.54) is 6.07 Å². The summed E-state index contributed by atoms with van der Waals surface area (Å²) in [4.78, 5) is 27.0. The average molecular weight is 521 g/mol. The van der Waals surface area contributed by atoms with Crippen molar-refractivity contribution < 1.29 is 22.7 Å². The highest BCUT2D eigenvalue weighted by Crippen LogP contribution is 2.41. The van der Waals surface area contributed by atoms with Crippen molar-refractivity contribution in [1.29, 1.82) is 0 Å². The number of carbonyl (C=O) groups is 2. The summed E-state index contributed by atoms with van der Waals surface area (Å²) in [7, 11) is -3.80. The number of para-hydroxylation sites is 2. The van der Waals surface area contributed by atoms with Gasteiger partial charge in [-0.3, -0.25) is 9.59 Å². The Morgan fingerprint density at radius 1 is 1.22 bits per heavy atom. The minimum absolute atomic E-state index is 0.00339. The third-order valence-corrected chi connectivity index (χ3v) is 7.76. The Balaban J connectivity index is 1.52. The number of nitrogens with zero attached hydrogens (tertiary/aromatic N) is 1. The Kier molecular flexibility index (Phi) is 6.57. The summed E-state index contributed by atoms with van der Waals surface area (Å²) in [5.41, 5.74) is 1.82. The number of fused-ring (bicyclic) bond motifs is 1. The predicted molar refractivity (Wildman–Crippen MR) is 126 cm³/mol. The summed E-state index contributed by atoms with van der Waals surface area (Å²) in [5.74, 6) is -0.253. The molecule has 2 amide bonds. The van der Waals surface area contributed by atoms with E-state index in [9.17, 15) is 18.0 Å². The SMILES string of the molecule is CCOc1ccccc1NC(=O)CCS(=O)(=O)c1cc(Br)cc2c1N(C(=O)C1CC1)CC2. The number of sulfone groups is 1. The molecular formula is C23H25BrN2O5S. The van der Waals surface area contributed by atoms with E-state index in [2.05, 4.69) is 21.2 Å². The molecule has 0 atom stereocenters. The van der Waals surface area contributed by atoms with Crippen molar-refractivity contribution in [1.82, 2.24) is 0 Å². The minimum Gasteiger partial charge on any atom is -0.492 e. The first-order chi connectivity index (χ1) is 15.3. The summed E-state index contributed by atoms with van der Waals surface area (Å²) in [6, 6.07) is 10.4. The van der Waals surface area contributed by atoms with Gasteiger partial charge in [0.25, 0.3) is 0 Å². The zero-order chi connectivity index (χ0) is 22.9. The Hall–Kier alpha value is -2.39. The molecule has 170 valence electrons. The maximum absolute atomic E-state index is 13.3. The number of carbonyl (C=O) groups excluding carboxylic acids is 2. The standard InChI is InChI=1S/C23H25BrN2O5S/c1-2-31-19-6-4-3-5-18(19)25-21(27)10-12-32(29,30)20-14-17(24)13-16-9-11-26(22(16)20)23(28)15-7-8-15/h3-6,13-15H,2,7-12H2,1H3,(H,25,27). The van der Waals surface area contributed by atoms with Crippen LogP contribution in [-0.2, 0) is 25.8 Å². The molecule has 1 heterocycles. The molecule has 32 heavy (non-hydrogen) atoms. The second kappa shape index (κ2) is 9.23. The highest BCUT2D eigenvalue weighted by Gasteiger charge is 2.39. The van der Waals surface area contributed by atoms with E-state index in [4.69, 9.17) is 4.74 Å². The quantitative estimate of drug-likeness (QED) is 0.568. The van der Waals surface area contributed by atoms with Gasteiger partial charge in [0.05, 0.1) is 28.6 Å². The first-order valence-electron chi connectivity index (χ1n) is 10.7. The van der Waals surface area contributed by atoms with Crippen LogP contribution < -0.4 is 15.0 Å². The summed E-state index contributed by atoms with van der Waals surface area (Å²) < 4.78 is 32.7. The number of ether oxygens (including phenoxy) is 1. The Morgan fingerprint density at radius 3 is 2.69 bits per heavy atom. The van der Waals surface area contributed by atoms with Gasteiger partial charge >= 0.3 is 0 Å². The van der Waals surface area contributed by atoms with Crippen LogP contribution in [0.25, 0.3) is 0 Å². The van der Waals surface area contributed by atoms with Crippen molar-refractivity contribution in [3.05, 3.63) is 46.4 Å². The number of halogens is 1. The maximum atomic E-state index is 13.3. The number of nitrogens with one attached hydrogen (secondary N) is 1. The van der Waals surface area contributed by atoms with Gasteiger partial charge in [-0.2, -0.15) is 0 Å². The van der Waals surface area contributed by atoms with Crippen molar-refractivity contribution in [3.8, 4) is 5.75 Å². The van der Waals surface area contributed by atoms with Gasteiger partial charge in [-0.15, -0.1) is 0 Å². The highest BCUT2D eigenvalue weighted by molar-refractivity contribution is 9.10. The van der Waals surface area contributed by atoms with E-state index in [0.717, 1.165) is 18.4 Å². The molecule has 0 bridgehead atoms. The van der Waals surface area contributed by atoms with E-state index in [-0.39, 0.29) is 28.9 Å². The van der Waals surface area contributed by atoms with Crippen LogP contribution in [0, 0.1) is 5.92 Å². The maximum Gasteiger partial charge on any atom is 0.230 e. The monoisotopic (exact) mass is 520 g/mol. The van der Waals surface area contributed by atoms with Crippen molar-refractivity contribution >= 4 is 49.0 Å². The normalized spacial score (nSPS) is 15.4.